The maximum Gasteiger partial charge on any atom is 0.643 e. The van der Waals surface area contributed by atoms with E-state index in [0.29, 0.717) is 17.5 Å². The van der Waals surface area contributed by atoms with Crippen molar-refractivity contribution in [1.82, 2.24) is 29.9 Å². The molecule has 2 N–H and O–H groups in total. The van der Waals surface area contributed by atoms with Gasteiger partial charge in [-0.2, -0.15) is 24.9 Å². The molecule has 3 aliphatic rings. The second-order valence-electron chi connectivity index (χ2n) is 13.8. The molecule has 306 valence electrons. The Balaban J connectivity index is 0.000000207. The minimum atomic E-state index is -1.72. The van der Waals surface area contributed by atoms with E-state index in [-0.39, 0.29) is 65.9 Å². The van der Waals surface area contributed by atoms with Crippen molar-refractivity contribution in [2.24, 2.45) is 0 Å². The first-order valence-electron chi connectivity index (χ1n) is 18.8. The number of benzene rings is 4. The van der Waals surface area contributed by atoms with Crippen LogP contribution in [0, 0.1) is 31.1 Å². The van der Waals surface area contributed by atoms with Gasteiger partial charge in [-0.05, 0) is 176 Å². The summed E-state index contributed by atoms with van der Waals surface area (Å²) < 4.78 is 0. The molecule has 0 bridgehead atoms. The summed E-state index contributed by atoms with van der Waals surface area (Å²) in [5.41, 5.74) is 11.6. The monoisotopic (exact) mass is 1150 g/mol. The van der Waals surface area contributed by atoms with Crippen molar-refractivity contribution in [2.45, 2.75) is 84.5 Å². The van der Waals surface area contributed by atoms with E-state index in [2.05, 4.69) is 73.5 Å². The molecule has 2 heterocycles. The number of aryl methyl sites for hydroxylation is 6. The summed E-state index contributed by atoms with van der Waals surface area (Å²) in [5, 5.41) is 17.8. The molecule has 0 aliphatic heterocycles. The zero-order valence-corrected chi connectivity index (χ0v) is 41.3. The van der Waals surface area contributed by atoms with Gasteiger partial charge in [-0.1, -0.05) is 49.9 Å². The van der Waals surface area contributed by atoms with Gasteiger partial charge in [-0.3, -0.25) is 0 Å². The van der Waals surface area contributed by atoms with E-state index in [4.69, 9.17) is 80.1 Å². The van der Waals surface area contributed by atoms with Gasteiger partial charge < -0.3 is 10.2 Å². The minimum absolute atomic E-state index is 0. The minimum Gasteiger partial charge on any atom is -0.508 e. The average Bonchev–Trinajstić information content (AvgIpc) is 3.20. The van der Waals surface area contributed by atoms with Crippen molar-refractivity contribution in [2.75, 3.05) is 0 Å². The van der Waals surface area contributed by atoms with Crippen LogP contribution in [0.3, 0.4) is 0 Å². The van der Waals surface area contributed by atoms with Crippen LogP contribution in [0.15, 0.2) is 78.9 Å². The summed E-state index contributed by atoms with van der Waals surface area (Å²) in [6, 6.07) is 25.3. The van der Waals surface area contributed by atoms with E-state index in [1.165, 1.54) is 103 Å². The van der Waals surface area contributed by atoms with Crippen LogP contribution in [0.1, 0.15) is 79.3 Å². The SMILES string of the molecule is C.Clc1nc(-c2ccc3c(c2)CCCC3)nc(-c2ccc3c(c2)CCCC3)n1.Clc1nc(Cl)nc(-c2ccc3c(c2)CCCC3)n1.Oc1cccc(O)c1.[Cl][Al]([Cl])[Cl].[U]. The van der Waals surface area contributed by atoms with Gasteiger partial charge in [0.2, 0.25) is 15.9 Å². The van der Waals surface area contributed by atoms with E-state index in [0.717, 1.165) is 42.4 Å². The summed E-state index contributed by atoms with van der Waals surface area (Å²) in [6.45, 7) is 0. The van der Waals surface area contributed by atoms with Gasteiger partial charge in [0.25, 0.3) is 0 Å². The molecule has 0 saturated carbocycles. The molecule has 0 spiro atoms. The van der Waals surface area contributed by atoms with Gasteiger partial charge in [0.15, 0.2) is 17.5 Å². The van der Waals surface area contributed by atoms with E-state index in [9.17, 15) is 0 Å². The summed E-state index contributed by atoms with van der Waals surface area (Å²) >= 11 is 16.1. The number of aromatic hydroxyl groups is 2. The van der Waals surface area contributed by atoms with Crippen LogP contribution in [-0.4, -0.2) is 51.5 Å². The first-order chi connectivity index (χ1) is 27.5. The van der Waals surface area contributed by atoms with Crippen molar-refractivity contribution in [3.05, 3.63) is 128 Å². The quantitative estimate of drug-likeness (QED) is 0.168. The molecule has 8 nitrogen and oxygen atoms in total. The number of phenols is 2. The average molecular weight is 1150 g/mol. The topological polar surface area (TPSA) is 118 Å². The molecule has 2 aromatic heterocycles. The molecule has 16 heteroatoms. The Kier molecular flexibility index (Phi) is 20.5. The summed E-state index contributed by atoms with van der Waals surface area (Å²) in [7, 11) is 14.8. The zero-order chi connectivity index (χ0) is 40.3. The van der Waals surface area contributed by atoms with Gasteiger partial charge in [0.1, 0.15) is 11.5 Å². The van der Waals surface area contributed by atoms with E-state index < -0.39 is 11.4 Å². The molecule has 59 heavy (non-hydrogen) atoms. The fourth-order valence-electron chi connectivity index (χ4n) is 7.17. The van der Waals surface area contributed by atoms with Gasteiger partial charge in [0.05, 0.1) is 0 Å². The number of phenolic OH excluding ortho intramolecular Hbond substituents is 2. The molecule has 0 radical (unpaired) electrons. The van der Waals surface area contributed by atoms with Crippen LogP contribution < -0.4 is 0 Å². The summed E-state index contributed by atoms with van der Waals surface area (Å²) in [6.07, 6.45) is 14.5. The van der Waals surface area contributed by atoms with Crippen LogP contribution >= 0.6 is 65.0 Å². The summed E-state index contributed by atoms with van der Waals surface area (Å²) in [4.78, 5) is 25.6. The third-order valence-corrected chi connectivity index (χ3v) is 10.3. The second kappa shape index (κ2) is 24.5. The summed E-state index contributed by atoms with van der Waals surface area (Å²) in [5.74, 6) is 2.04. The largest absolute Gasteiger partial charge is 0.643 e. The fourth-order valence-corrected chi connectivity index (χ4v) is 7.70. The molecule has 0 atom stereocenters. The van der Waals surface area contributed by atoms with Crippen molar-refractivity contribution in [3.63, 3.8) is 0 Å². The molecule has 0 saturated heterocycles. The third-order valence-electron chi connectivity index (χ3n) is 9.84. The van der Waals surface area contributed by atoms with Crippen molar-refractivity contribution >= 4 is 76.3 Å². The van der Waals surface area contributed by atoms with Gasteiger partial charge >= 0.3 is 11.4 Å². The van der Waals surface area contributed by atoms with Crippen molar-refractivity contribution in [1.29, 1.82) is 0 Å². The molecule has 9 rings (SSSR count). The van der Waals surface area contributed by atoms with Crippen molar-refractivity contribution in [3.8, 4) is 45.7 Å². The third kappa shape index (κ3) is 15.0. The zero-order valence-electron chi connectivity index (χ0n) is 31.4. The number of aromatic nitrogens is 6. The number of rotatable bonds is 3. The molecule has 6 aromatic rings. The van der Waals surface area contributed by atoms with E-state index >= 15 is 0 Å². The smallest absolute Gasteiger partial charge is 0.508 e. The number of fused-ring (bicyclic) bond motifs is 3. The Hall–Kier alpha value is -2.18. The van der Waals surface area contributed by atoms with E-state index in [1.54, 1.807) is 6.07 Å². The molecule has 0 fully saturated rings. The van der Waals surface area contributed by atoms with Gasteiger partial charge in [-0.15, -0.1) is 0 Å². The Morgan fingerprint density at radius 3 is 1.00 bits per heavy atom. The van der Waals surface area contributed by atoms with Gasteiger partial charge in [0, 0.05) is 53.9 Å². The Bertz CT molecular complexity index is 2210. The Morgan fingerprint density at radius 1 is 0.407 bits per heavy atom. The maximum atomic E-state index is 8.65. The second-order valence-corrected chi connectivity index (χ2v) is 21.2. The first kappa shape index (κ1) is 49.5. The number of hydrogen-bond acceptors (Lipinski definition) is 8. The Labute approximate surface area is 401 Å². The molecule has 0 unspecified atom stereocenters. The fraction of sp³-hybridized carbons (Fsp3) is 0.302. The van der Waals surface area contributed by atoms with E-state index in [1.807, 2.05) is 6.07 Å². The molecular formula is C43H43AlCl6N6O2U. The Morgan fingerprint density at radius 2 is 0.695 bits per heavy atom. The standard InChI is InChI=1S/C23H22ClN3.C13H11Cl2N3.C6H6O2.CH4.Al.3ClH.U/c24-23-26-21(19-11-9-15-5-1-3-7-17(15)13-19)25-22(27-23)20-12-10-16-6-2-4-8-18(16)14-20;14-12-16-11(17-13(15)18-12)10-6-5-8-3-1-2-4-9(8)7-10;7-5-2-1-3-6(8)4-5;;;;;;/h9-14H,1-8H2;5-7H,1-4H2;1-4,7-8H;1H4;;3*1H;/q;;;;+3;;;;/p-3. The van der Waals surface area contributed by atoms with Crippen LogP contribution in [0.4, 0.5) is 0 Å². The molecular weight excluding hydrogens is 1110 g/mol. The van der Waals surface area contributed by atoms with Crippen LogP contribution in [0.25, 0.3) is 34.2 Å². The molecule has 0 amide bonds. The first-order valence-corrected chi connectivity index (χ1v) is 25.1. The predicted octanol–water partition coefficient (Wildman–Crippen LogP) is 12.8. The van der Waals surface area contributed by atoms with Crippen LogP contribution in [0.5, 0.6) is 11.5 Å². The molecule has 4 aromatic carbocycles. The number of halogens is 6. The van der Waals surface area contributed by atoms with Crippen molar-refractivity contribution < 1.29 is 41.3 Å². The predicted molar refractivity (Wildman–Crippen MR) is 241 cm³/mol. The maximum absolute atomic E-state index is 8.65. The van der Waals surface area contributed by atoms with Crippen LogP contribution in [-0.2, 0) is 38.5 Å². The normalized spacial score (nSPS) is 13.3. The molecule has 3 aliphatic carbocycles. The van der Waals surface area contributed by atoms with Gasteiger partial charge in [-0.25, -0.2) is 35.1 Å². The number of hydrogen-bond donors (Lipinski definition) is 2. The van der Waals surface area contributed by atoms with Crippen LogP contribution in [0.2, 0.25) is 15.9 Å². The number of nitrogens with zero attached hydrogens (tertiary/aromatic N) is 6.